The summed E-state index contributed by atoms with van der Waals surface area (Å²) in [5.41, 5.74) is 4.16. The second-order valence-electron chi connectivity index (χ2n) is 6.29. The molecule has 2 N–H and O–H groups in total. The third-order valence-electron chi connectivity index (χ3n) is 4.12. The van der Waals surface area contributed by atoms with E-state index in [-0.39, 0.29) is 18.7 Å². The van der Waals surface area contributed by atoms with Gasteiger partial charge in [-0.15, -0.1) is 0 Å². The van der Waals surface area contributed by atoms with Crippen molar-refractivity contribution >= 4 is 23.5 Å². The van der Waals surface area contributed by atoms with Gasteiger partial charge in [0.2, 0.25) is 5.91 Å². The maximum atomic E-state index is 12.3. The zero-order valence-corrected chi connectivity index (χ0v) is 15.1. The van der Waals surface area contributed by atoms with Crippen molar-refractivity contribution in [3.8, 4) is 0 Å². The molecular formula is C20H22ClNO3. The Morgan fingerprint density at radius 3 is 2.28 bits per heavy atom. The molecule has 0 bridgehead atoms. The maximum absolute atomic E-state index is 12.3. The second-order valence-corrected chi connectivity index (χ2v) is 6.72. The lowest BCUT2D eigenvalue weighted by Crippen LogP contribution is -2.39. The van der Waals surface area contributed by atoms with E-state index in [2.05, 4.69) is 5.32 Å². The molecule has 132 valence electrons. The molecular weight excluding hydrogens is 338 g/mol. The van der Waals surface area contributed by atoms with Crippen LogP contribution < -0.4 is 5.32 Å². The topological polar surface area (TPSA) is 66.4 Å². The molecule has 5 heteroatoms. The standard InChI is InChI=1S/C20H22ClNO3/c1-13-3-4-16(9-14(13)2)11-19(23)22-18(12-20(24)25)10-15-5-7-17(21)8-6-15/h3-9,18H,10-12H2,1-2H3,(H,22,23)(H,24,25). The van der Waals surface area contributed by atoms with E-state index < -0.39 is 12.0 Å². The number of carbonyl (C=O) groups is 2. The van der Waals surface area contributed by atoms with Gasteiger partial charge in [-0.3, -0.25) is 9.59 Å². The van der Waals surface area contributed by atoms with Crippen LogP contribution in [0.2, 0.25) is 5.02 Å². The fraction of sp³-hybridized carbons (Fsp3) is 0.300. The van der Waals surface area contributed by atoms with Crippen LogP contribution in [0.1, 0.15) is 28.7 Å². The molecule has 4 nitrogen and oxygen atoms in total. The number of carbonyl (C=O) groups excluding carboxylic acids is 1. The third-order valence-corrected chi connectivity index (χ3v) is 4.37. The lowest BCUT2D eigenvalue weighted by molar-refractivity contribution is -0.137. The number of amides is 1. The van der Waals surface area contributed by atoms with Crippen molar-refractivity contribution in [3.05, 3.63) is 69.7 Å². The quantitative estimate of drug-likeness (QED) is 0.792. The molecule has 0 aromatic heterocycles. The highest BCUT2D eigenvalue weighted by molar-refractivity contribution is 6.30. The van der Waals surface area contributed by atoms with Crippen molar-refractivity contribution in [1.82, 2.24) is 5.32 Å². The van der Waals surface area contributed by atoms with Crippen molar-refractivity contribution in [2.75, 3.05) is 0 Å². The third kappa shape index (κ3) is 6.24. The van der Waals surface area contributed by atoms with E-state index in [0.717, 1.165) is 16.7 Å². The molecule has 1 atom stereocenters. The Morgan fingerprint density at radius 2 is 1.68 bits per heavy atom. The first-order valence-electron chi connectivity index (χ1n) is 8.15. The summed E-state index contributed by atoms with van der Waals surface area (Å²) in [5, 5.41) is 12.6. The van der Waals surface area contributed by atoms with Crippen molar-refractivity contribution in [1.29, 1.82) is 0 Å². The zero-order chi connectivity index (χ0) is 18.4. The van der Waals surface area contributed by atoms with Gasteiger partial charge in [0.1, 0.15) is 0 Å². The van der Waals surface area contributed by atoms with Crippen LogP contribution in [0.25, 0.3) is 0 Å². The first kappa shape index (κ1) is 19.0. The highest BCUT2D eigenvalue weighted by Gasteiger charge is 2.17. The monoisotopic (exact) mass is 359 g/mol. The highest BCUT2D eigenvalue weighted by atomic mass is 35.5. The predicted molar refractivity (Wildman–Crippen MR) is 99.0 cm³/mol. The largest absolute Gasteiger partial charge is 0.481 e. The Balaban J connectivity index is 2.02. The van der Waals surface area contributed by atoms with E-state index >= 15 is 0 Å². The van der Waals surface area contributed by atoms with Crippen LogP contribution in [0, 0.1) is 13.8 Å². The molecule has 0 radical (unpaired) electrons. The van der Waals surface area contributed by atoms with E-state index in [9.17, 15) is 9.59 Å². The van der Waals surface area contributed by atoms with Gasteiger partial charge in [-0.2, -0.15) is 0 Å². The Hall–Kier alpha value is -2.33. The van der Waals surface area contributed by atoms with Crippen LogP contribution in [-0.2, 0) is 22.4 Å². The summed E-state index contributed by atoms with van der Waals surface area (Å²) in [5.74, 6) is -1.12. The number of hydrogen-bond acceptors (Lipinski definition) is 2. The van der Waals surface area contributed by atoms with E-state index in [1.54, 1.807) is 12.1 Å². The molecule has 1 amide bonds. The molecule has 0 aliphatic rings. The van der Waals surface area contributed by atoms with Crippen LogP contribution >= 0.6 is 11.6 Å². The molecule has 2 aromatic carbocycles. The number of carboxylic acids is 1. The summed E-state index contributed by atoms with van der Waals surface area (Å²) in [4.78, 5) is 23.4. The van der Waals surface area contributed by atoms with E-state index in [0.29, 0.717) is 11.4 Å². The lowest BCUT2D eigenvalue weighted by Gasteiger charge is -2.17. The number of aryl methyl sites for hydroxylation is 2. The van der Waals surface area contributed by atoms with Gasteiger partial charge < -0.3 is 10.4 Å². The van der Waals surface area contributed by atoms with Crippen molar-refractivity contribution < 1.29 is 14.7 Å². The molecule has 0 saturated carbocycles. The Morgan fingerprint density at radius 1 is 1.04 bits per heavy atom. The van der Waals surface area contributed by atoms with Gasteiger partial charge in [0.25, 0.3) is 0 Å². The fourth-order valence-corrected chi connectivity index (χ4v) is 2.79. The minimum atomic E-state index is -0.939. The number of rotatable bonds is 7. The van der Waals surface area contributed by atoms with Gasteiger partial charge in [0.15, 0.2) is 0 Å². The van der Waals surface area contributed by atoms with E-state index in [1.165, 1.54) is 5.56 Å². The first-order chi connectivity index (χ1) is 11.8. The summed E-state index contributed by atoms with van der Waals surface area (Å²) in [6.07, 6.45) is 0.557. The smallest absolute Gasteiger partial charge is 0.305 e. The molecule has 1 unspecified atom stereocenters. The first-order valence-corrected chi connectivity index (χ1v) is 8.53. The SMILES string of the molecule is Cc1ccc(CC(=O)NC(CC(=O)O)Cc2ccc(Cl)cc2)cc1C. The average Bonchev–Trinajstić information content (AvgIpc) is 2.52. The number of halogens is 1. The van der Waals surface area contributed by atoms with Crippen LogP contribution in [0.5, 0.6) is 0 Å². The Kier molecular flexibility index (Phi) is 6.59. The number of carboxylic acid groups (broad SMARTS) is 1. The van der Waals surface area contributed by atoms with Crippen molar-refractivity contribution in [3.63, 3.8) is 0 Å². The molecule has 0 spiro atoms. The summed E-state index contributed by atoms with van der Waals surface area (Å²) < 4.78 is 0. The number of aliphatic carboxylic acids is 1. The molecule has 0 fully saturated rings. The van der Waals surface area contributed by atoms with Crippen LogP contribution in [0.3, 0.4) is 0 Å². The van der Waals surface area contributed by atoms with E-state index in [4.69, 9.17) is 16.7 Å². The van der Waals surface area contributed by atoms with Gasteiger partial charge in [-0.05, 0) is 54.7 Å². The fourth-order valence-electron chi connectivity index (χ4n) is 2.67. The number of hydrogen-bond donors (Lipinski definition) is 2. The molecule has 2 rings (SSSR count). The van der Waals surface area contributed by atoms with Crippen LogP contribution in [-0.4, -0.2) is 23.0 Å². The van der Waals surface area contributed by atoms with E-state index in [1.807, 2.05) is 44.2 Å². The second kappa shape index (κ2) is 8.67. The van der Waals surface area contributed by atoms with Crippen molar-refractivity contribution in [2.24, 2.45) is 0 Å². The molecule has 2 aromatic rings. The summed E-state index contributed by atoms with van der Waals surface area (Å²) in [7, 11) is 0. The van der Waals surface area contributed by atoms with Gasteiger partial charge in [-0.1, -0.05) is 41.9 Å². The van der Waals surface area contributed by atoms with Crippen LogP contribution in [0.15, 0.2) is 42.5 Å². The lowest BCUT2D eigenvalue weighted by atomic mass is 10.0. The average molecular weight is 360 g/mol. The van der Waals surface area contributed by atoms with Crippen LogP contribution in [0.4, 0.5) is 0 Å². The predicted octanol–water partition coefficient (Wildman–Crippen LogP) is 3.70. The normalized spacial score (nSPS) is 11.8. The molecule has 0 aliphatic carbocycles. The van der Waals surface area contributed by atoms with Gasteiger partial charge in [0, 0.05) is 11.1 Å². The summed E-state index contributed by atoms with van der Waals surface area (Å²) in [6, 6.07) is 12.6. The summed E-state index contributed by atoms with van der Waals surface area (Å²) in [6.45, 7) is 4.03. The molecule has 25 heavy (non-hydrogen) atoms. The molecule has 0 aliphatic heterocycles. The number of benzene rings is 2. The number of nitrogens with one attached hydrogen (secondary N) is 1. The van der Waals surface area contributed by atoms with Gasteiger partial charge in [-0.25, -0.2) is 0 Å². The molecule has 0 saturated heterocycles. The summed E-state index contributed by atoms with van der Waals surface area (Å²) >= 11 is 5.87. The minimum absolute atomic E-state index is 0.124. The van der Waals surface area contributed by atoms with Gasteiger partial charge >= 0.3 is 5.97 Å². The van der Waals surface area contributed by atoms with Crippen molar-refractivity contribution in [2.45, 2.75) is 39.2 Å². The minimum Gasteiger partial charge on any atom is -0.481 e. The highest BCUT2D eigenvalue weighted by Crippen LogP contribution is 2.13. The Labute approximate surface area is 152 Å². The zero-order valence-electron chi connectivity index (χ0n) is 14.4. The molecule has 0 heterocycles. The maximum Gasteiger partial charge on any atom is 0.305 e. The Bertz CT molecular complexity index is 756. The van der Waals surface area contributed by atoms with Gasteiger partial charge in [0.05, 0.1) is 12.8 Å².